The zero-order chi connectivity index (χ0) is 15.4. The minimum absolute atomic E-state index is 0.808. The van der Waals surface area contributed by atoms with Crippen LogP contribution in [0.5, 0.6) is 0 Å². The van der Waals surface area contributed by atoms with E-state index >= 15 is 0 Å². The Morgan fingerprint density at radius 1 is 1.43 bits per heavy atom. The van der Waals surface area contributed by atoms with Crippen molar-refractivity contribution in [3.63, 3.8) is 0 Å². The molecule has 5 heteroatoms. The molecule has 1 fully saturated rings. The number of carbonyl (C=O) groups is 1. The van der Waals surface area contributed by atoms with Gasteiger partial charge < -0.3 is 10.0 Å². The van der Waals surface area contributed by atoms with E-state index in [1.807, 2.05) is 18.7 Å². The Morgan fingerprint density at radius 2 is 2.19 bits per heavy atom. The maximum Gasteiger partial charge on any atom is 0.328 e. The lowest BCUT2D eigenvalue weighted by atomic mass is 9.98. The summed E-state index contributed by atoms with van der Waals surface area (Å²) in [7, 11) is 1.93. The molecule has 0 radical (unpaired) electrons. The first-order valence-electron chi connectivity index (χ1n) is 7.72. The molecule has 0 amide bonds. The zero-order valence-electron chi connectivity index (χ0n) is 13.2. The first-order chi connectivity index (χ1) is 10.0. The summed E-state index contributed by atoms with van der Waals surface area (Å²) in [6.07, 6.45) is 7.77. The number of aromatic nitrogens is 2. The summed E-state index contributed by atoms with van der Waals surface area (Å²) in [5, 5.41) is 13.3. The van der Waals surface area contributed by atoms with Gasteiger partial charge in [-0.1, -0.05) is 13.3 Å². The topological polar surface area (TPSA) is 58.4 Å². The Bertz CT molecular complexity index is 534. The second-order valence-corrected chi connectivity index (χ2v) is 5.81. The highest BCUT2D eigenvalue weighted by atomic mass is 16.4. The van der Waals surface area contributed by atoms with Gasteiger partial charge in [0.05, 0.1) is 5.69 Å². The number of hydrogen-bond donors (Lipinski definition) is 1. The number of aliphatic carboxylic acids is 1. The third-order valence-electron chi connectivity index (χ3n) is 4.35. The number of carboxylic acid groups (broad SMARTS) is 1. The van der Waals surface area contributed by atoms with Gasteiger partial charge in [0, 0.05) is 31.8 Å². The molecule has 5 nitrogen and oxygen atoms in total. The van der Waals surface area contributed by atoms with Crippen LogP contribution in [0.1, 0.15) is 43.9 Å². The molecule has 1 unspecified atom stereocenters. The molecule has 0 bridgehead atoms. The molecule has 0 spiro atoms. The summed E-state index contributed by atoms with van der Waals surface area (Å²) in [6.45, 7) is 6.22. The van der Waals surface area contributed by atoms with Crippen LogP contribution in [-0.2, 0) is 11.8 Å². The molecule has 1 aromatic rings. The van der Waals surface area contributed by atoms with Gasteiger partial charge in [-0.25, -0.2) is 4.79 Å². The van der Waals surface area contributed by atoms with Crippen molar-refractivity contribution in [3.05, 3.63) is 17.3 Å². The number of anilines is 1. The number of hydrogen-bond acceptors (Lipinski definition) is 3. The highest BCUT2D eigenvalue weighted by molar-refractivity contribution is 5.87. The molecule has 2 rings (SSSR count). The van der Waals surface area contributed by atoms with Gasteiger partial charge in [-0.15, -0.1) is 0 Å². The van der Waals surface area contributed by atoms with Gasteiger partial charge in [0.1, 0.15) is 5.82 Å². The van der Waals surface area contributed by atoms with Gasteiger partial charge in [-0.3, -0.25) is 4.68 Å². The van der Waals surface area contributed by atoms with Crippen molar-refractivity contribution in [2.75, 3.05) is 18.0 Å². The Morgan fingerprint density at radius 3 is 2.86 bits per heavy atom. The Kier molecular flexibility index (Phi) is 5.04. The molecule has 116 valence electrons. The van der Waals surface area contributed by atoms with E-state index in [1.54, 1.807) is 6.08 Å². The lowest BCUT2D eigenvalue weighted by Gasteiger charge is -2.23. The van der Waals surface area contributed by atoms with Gasteiger partial charge in [0.15, 0.2) is 0 Å². The summed E-state index contributed by atoms with van der Waals surface area (Å²) < 4.78 is 1.88. The number of carboxylic acids is 1. The fourth-order valence-electron chi connectivity index (χ4n) is 3.17. The number of nitrogens with zero attached hydrogens (tertiary/aromatic N) is 3. The number of aryl methyl sites for hydroxylation is 2. The molecule has 1 saturated heterocycles. The second kappa shape index (κ2) is 6.78. The van der Waals surface area contributed by atoms with Crippen LogP contribution >= 0.6 is 0 Å². The van der Waals surface area contributed by atoms with E-state index in [2.05, 4.69) is 16.9 Å². The van der Waals surface area contributed by atoms with Gasteiger partial charge >= 0.3 is 5.97 Å². The fraction of sp³-hybridized carbons (Fsp3) is 0.625. The SMILES string of the molecule is CCC1CCCN(c2c(C=CC(=O)O)c(C)nn2C)CC1. The molecular weight excluding hydrogens is 266 g/mol. The smallest absolute Gasteiger partial charge is 0.328 e. The summed E-state index contributed by atoms with van der Waals surface area (Å²) in [6, 6.07) is 0. The lowest BCUT2D eigenvalue weighted by Crippen LogP contribution is -2.27. The minimum Gasteiger partial charge on any atom is -0.478 e. The van der Waals surface area contributed by atoms with Gasteiger partial charge in [-0.2, -0.15) is 5.10 Å². The van der Waals surface area contributed by atoms with Crippen LogP contribution in [0, 0.1) is 12.8 Å². The largest absolute Gasteiger partial charge is 0.478 e. The molecule has 1 aromatic heterocycles. The van der Waals surface area contributed by atoms with Crippen LogP contribution in [-0.4, -0.2) is 33.9 Å². The van der Waals surface area contributed by atoms with Crippen LogP contribution in [0.3, 0.4) is 0 Å². The predicted molar refractivity (Wildman–Crippen MR) is 84.5 cm³/mol. The van der Waals surface area contributed by atoms with E-state index < -0.39 is 5.97 Å². The molecular formula is C16H25N3O2. The highest BCUT2D eigenvalue weighted by Crippen LogP contribution is 2.29. The Hall–Kier alpha value is -1.78. The molecule has 1 aliphatic rings. The van der Waals surface area contributed by atoms with Crippen molar-refractivity contribution in [1.29, 1.82) is 0 Å². The normalized spacial score (nSPS) is 20.0. The molecule has 21 heavy (non-hydrogen) atoms. The minimum atomic E-state index is -0.925. The predicted octanol–water partition coefficient (Wildman–Crippen LogP) is 2.84. The molecule has 0 saturated carbocycles. The average Bonchev–Trinajstić information content (AvgIpc) is 2.62. The third-order valence-corrected chi connectivity index (χ3v) is 4.35. The van der Waals surface area contributed by atoms with Gasteiger partial charge in [-0.05, 0) is 38.2 Å². The monoisotopic (exact) mass is 291 g/mol. The molecule has 1 aliphatic heterocycles. The van der Waals surface area contributed by atoms with E-state index in [-0.39, 0.29) is 0 Å². The van der Waals surface area contributed by atoms with Gasteiger partial charge in [0.2, 0.25) is 0 Å². The van der Waals surface area contributed by atoms with Gasteiger partial charge in [0.25, 0.3) is 0 Å². The zero-order valence-corrected chi connectivity index (χ0v) is 13.2. The van der Waals surface area contributed by atoms with E-state index in [9.17, 15) is 4.79 Å². The number of rotatable bonds is 4. The van der Waals surface area contributed by atoms with Crippen molar-refractivity contribution < 1.29 is 9.90 Å². The maximum atomic E-state index is 10.8. The summed E-state index contributed by atoms with van der Waals surface area (Å²) in [5.41, 5.74) is 1.80. The molecule has 2 heterocycles. The van der Waals surface area contributed by atoms with Crippen molar-refractivity contribution in [2.45, 2.75) is 39.5 Å². The molecule has 0 aliphatic carbocycles. The third kappa shape index (κ3) is 3.65. The first-order valence-corrected chi connectivity index (χ1v) is 7.72. The maximum absolute atomic E-state index is 10.8. The summed E-state index contributed by atoms with van der Waals surface area (Å²) >= 11 is 0. The standard InChI is InChI=1S/C16H25N3O2/c1-4-13-6-5-10-19(11-9-13)16-14(7-8-15(20)21)12(2)17-18(16)3/h7-8,13H,4-6,9-11H2,1-3H3,(H,20,21). The van der Waals surface area contributed by atoms with Crippen LogP contribution < -0.4 is 4.90 Å². The average molecular weight is 291 g/mol. The Labute approximate surface area is 126 Å². The lowest BCUT2D eigenvalue weighted by molar-refractivity contribution is -0.131. The fourth-order valence-corrected chi connectivity index (χ4v) is 3.17. The van der Waals surface area contributed by atoms with Crippen molar-refractivity contribution in [3.8, 4) is 0 Å². The quantitative estimate of drug-likeness (QED) is 0.867. The van der Waals surface area contributed by atoms with Crippen LogP contribution in [0.2, 0.25) is 0 Å². The van der Waals surface area contributed by atoms with Crippen molar-refractivity contribution in [1.82, 2.24) is 9.78 Å². The van der Waals surface area contributed by atoms with Crippen LogP contribution in [0.15, 0.2) is 6.08 Å². The molecule has 0 aromatic carbocycles. The van der Waals surface area contributed by atoms with Crippen LogP contribution in [0.4, 0.5) is 5.82 Å². The highest BCUT2D eigenvalue weighted by Gasteiger charge is 2.21. The van der Waals surface area contributed by atoms with E-state index in [4.69, 9.17) is 5.11 Å². The van der Waals surface area contributed by atoms with E-state index in [0.29, 0.717) is 0 Å². The molecule has 1 N–H and O–H groups in total. The molecule has 1 atom stereocenters. The van der Waals surface area contributed by atoms with Crippen LogP contribution in [0.25, 0.3) is 6.08 Å². The Balaban J connectivity index is 2.28. The second-order valence-electron chi connectivity index (χ2n) is 5.81. The van der Waals surface area contributed by atoms with Crippen molar-refractivity contribution in [2.24, 2.45) is 13.0 Å². The first kappa shape index (κ1) is 15.6. The van der Waals surface area contributed by atoms with E-state index in [0.717, 1.165) is 36.1 Å². The summed E-state index contributed by atoms with van der Waals surface area (Å²) in [4.78, 5) is 13.1. The summed E-state index contributed by atoms with van der Waals surface area (Å²) in [5.74, 6) is 0.926. The van der Waals surface area contributed by atoms with E-state index in [1.165, 1.54) is 31.8 Å². The van der Waals surface area contributed by atoms with Crippen molar-refractivity contribution >= 4 is 17.9 Å².